The minimum atomic E-state index is -0.115. The number of para-hydroxylation sites is 4. The van der Waals surface area contributed by atoms with Gasteiger partial charge in [-0.05, 0) is 59.4 Å². The zero-order valence-corrected chi connectivity index (χ0v) is 28.0. The Morgan fingerprint density at radius 3 is 1.42 bits per heavy atom. The van der Waals surface area contributed by atoms with Crippen molar-refractivity contribution < 1.29 is 0 Å². The molecule has 48 heavy (non-hydrogen) atoms. The molecule has 8 heteroatoms. The van der Waals surface area contributed by atoms with Crippen molar-refractivity contribution in [3.63, 3.8) is 0 Å². The Hall–Kier alpha value is -4.98. The van der Waals surface area contributed by atoms with Crippen LogP contribution in [0.15, 0.2) is 107 Å². The van der Waals surface area contributed by atoms with Crippen LogP contribution in [0.4, 0.5) is 22.7 Å². The summed E-state index contributed by atoms with van der Waals surface area (Å²) in [5, 5.41) is 9.29. The van der Waals surface area contributed by atoms with Gasteiger partial charge in [0, 0.05) is 39.6 Å². The summed E-state index contributed by atoms with van der Waals surface area (Å²) in [6.45, 7) is 9.51. The van der Waals surface area contributed by atoms with Crippen molar-refractivity contribution in [2.75, 3.05) is 9.80 Å². The highest BCUT2D eigenvalue weighted by Gasteiger charge is 2.58. The predicted molar refractivity (Wildman–Crippen MR) is 193 cm³/mol. The molecule has 8 nitrogen and oxygen atoms in total. The van der Waals surface area contributed by atoms with Crippen molar-refractivity contribution >= 4 is 35.4 Å². The summed E-state index contributed by atoms with van der Waals surface area (Å²) in [4.78, 5) is 10.4. The van der Waals surface area contributed by atoms with E-state index in [1.54, 1.807) is 0 Å². The maximum absolute atomic E-state index is 4.65. The van der Waals surface area contributed by atoms with Crippen molar-refractivity contribution in [2.45, 2.75) is 87.9 Å². The Labute approximate surface area is 282 Å². The standard InChI is InChI=1S/C40H42N8/c1-39(2)26-13-5-9-17-30(26)47(31-18-10-6-14-27(31)39)25-21-34-36(46-24-42-44-38(46)37-43-41-23-45(34)37)35(22-25)48-32-19-11-7-15-28(32)40(3,4)29-16-8-12-20-33(29)48/h5-20,23-25,34-38,43-44H,21-22H2,1-4H3. The van der Waals surface area contributed by atoms with Crippen LogP contribution in [0.5, 0.6) is 0 Å². The minimum Gasteiger partial charge on any atom is -0.338 e. The number of fused-ring (bicyclic) bond motifs is 10. The summed E-state index contributed by atoms with van der Waals surface area (Å²) in [5.74, 6) is 0. The summed E-state index contributed by atoms with van der Waals surface area (Å²) < 4.78 is 0. The summed E-state index contributed by atoms with van der Waals surface area (Å²) >= 11 is 0. The number of piperazine rings is 1. The first-order valence-electron chi connectivity index (χ1n) is 17.4. The SMILES string of the molecule is CC1(C)c2ccccc2N(C2CC(N3c4ccccc4C(C)(C)c4ccccc43)C3C(C2)N2C=NNC2C2NN=CN23)c2ccccc21. The van der Waals surface area contributed by atoms with Gasteiger partial charge >= 0.3 is 0 Å². The lowest BCUT2D eigenvalue weighted by atomic mass is 9.70. The van der Waals surface area contributed by atoms with Crippen LogP contribution < -0.4 is 20.7 Å². The minimum absolute atomic E-state index is 0.00300. The van der Waals surface area contributed by atoms with E-state index in [0.29, 0.717) is 0 Å². The third-order valence-corrected chi connectivity index (χ3v) is 12.3. The van der Waals surface area contributed by atoms with Crippen LogP contribution in [-0.4, -0.2) is 59.0 Å². The number of nitrogens with zero attached hydrogens (tertiary/aromatic N) is 6. The molecule has 6 unspecified atom stereocenters. The Morgan fingerprint density at radius 2 is 0.917 bits per heavy atom. The number of anilines is 4. The lowest BCUT2D eigenvalue weighted by Crippen LogP contribution is -2.76. The average Bonchev–Trinajstić information content (AvgIpc) is 3.80. The van der Waals surface area contributed by atoms with E-state index in [4.69, 9.17) is 0 Å². The highest BCUT2D eigenvalue weighted by Crippen LogP contribution is 2.55. The number of benzene rings is 4. The molecule has 0 spiro atoms. The molecule has 5 heterocycles. The van der Waals surface area contributed by atoms with E-state index in [2.05, 4.69) is 165 Å². The van der Waals surface area contributed by atoms with Gasteiger partial charge in [0.1, 0.15) is 12.7 Å². The molecule has 0 radical (unpaired) electrons. The van der Waals surface area contributed by atoms with Crippen molar-refractivity contribution in [3.05, 3.63) is 119 Å². The van der Waals surface area contributed by atoms with Crippen molar-refractivity contribution in [1.82, 2.24) is 20.7 Å². The highest BCUT2D eigenvalue weighted by molar-refractivity contribution is 5.81. The Kier molecular flexibility index (Phi) is 5.72. The number of rotatable bonds is 2. The van der Waals surface area contributed by atoms with Gasteiger partial charge in [-0.3, -0.25) is 10.9 Å². The summed E-state index contributed by atoms with van der Waals surface area (Å²) in [7, 11) is 0. The molecular weight excluding hydrogens is 592 g/mol. The van der Waals surface area contributed by atoms with Gasteiger partial charge < -0.3 is 19.6 Å². The molecule has 1 saturated carbocycles. The normalized spacial score (nSPS) is 29.4. The van der Waals surface area contributed by atoms with Crippen LogP contribution in [0.2, 0.25) is 0 Å². The lowest BCUT2D eigenvalue weighted by molar-refractivity contribution is -0.0173. The highest BCUT2D eigenvalue weighted by atomic mass is 15.6. The summed E-state index contributed by atoms with van der Waals surface area (Å²) in [5.41, 5.74) is 17.4. The smallest absolute Gasteiger partial charge is 0.157 e. The van der Waals surface area contributed by atoms with Gasteiger partial charge in [-0.15, -0.1) is 0 Å². The van der Waals surface area contributed by atoms with Crippen LogP contribution in [0.1, 0.15) is 62.8 Å². The molecule has 1 aliphatic carbocycles. The first-order valence-corrected chi connectivity index (χ1v) is 17.4. The van der Waals surface area contributed by atoms with Gasteiger partial charge in [0.15, 0.2) is 12.3 Å². The topological polar surface area (TPSA) is 61.7 Å². The largest absolute Gasteiger partial charge is 0.338 e. The second-order valence-electron chi connectivity index (χ2n) is 15.3. The molecule has 6 aliphatic rings. The zero-order chi connectivity index (χ0) is 32.4. The predicted octanol–water partition coefficient (Wildman–Crippen LogP) is 6.57. The Bertz CT molecular complexity index is 1900. The molecule has 1 saturated heterocycles. The Morgan fingerprint density at radius 1 is 0.521 bits per heavy atom. The second-order valence-corrected chi connectivity index (χ2v) is 15.3. The molecule has 4 aromatic rings. The van der Waals surface area contributed by atoms with E-state index in [1.165, 1.54) is 45.0 Å². The summed E-state index contributed by atoms with van der Waals surface area (Å²) in [6.07, 6.45) is 6.07. The maximum atomic E-state index is 4.65. The monoisotopic (exact) mass is 634 g/mol. The molecule has 0 aromatic heterocycles. The first kappa shape index (κ1) is 28.1. The molecule has 2 fully saturated rings. The molecule has 0 amide bonds. The van der Waals surface area contributed by atoms with E-state index < -0.39 is 0 Å². The molecule has 2 N–H and O–H groups in total. The number of hydrogen-bond donors (Lipinski definition) is 2. The second kappa shape index (κ2) is 9.78. The first-order chi connectivity index (χ1) is 23.4. The van der Waals surface area contributed by atoms with Gasteiger partial charge in [0.2, 0.25) is 0 Å². The quantitative estimate of drug-likeness (QED) is 0.260. The van der Waals surface area contributed by atoms with Crippen LogP contribution in [0, 0.1) is 0 Å². The summed E-state index contributed by atoms with van der Waals surface area (Å²) in [6, 6.07) is 37.1. The van der Waals surface area contributed by atoms with E-state index in [-0.39, 0.29) is 47.3 Å². The van der Waals surface area contributed by atoms with Gasteiger partial charge in [0.25, 0.3) is 0 Å². The fourth-order valence-corrected chi connectivity index (χ4v) is 10.2. The van der Waals surface area contributed by atoms with E-state index in [9.17, 15) is 0 Å². The third-order valence-electron chi connectivity index (χ3n) is 12.3. The third kappa shape index (κ3) is 3.60. The number of hydrogen-bond acceptors (Lipinski definition) is 8. The van der Waals surface area contributed by atoms with Gasteiger partial charge in [0.05, 0.1) is 18.1 Å². The molecular formula is C40H42N8. The molecule has 4 aromatic carbocycles. The van der Waals surface area contributed by atoms with Crippen molar-refractivity contribution in [2.24, 2.45) is 10.2 Å². The maximum Gasteiger partial charge on any atom is 0.157 e. The fourth-order valence-electron chi connectivity index (χ4n) is 10.2. The van der Waals surface area contributed by atoms with E-state index in [1.807, 2.05) is 12.7 Å². The van der Waals surface area contributed by atoms with Crippen LogP contribution in [-0.2, 0) is 10.8 Å². The molecule has 5 aliphatic heterocycles. The van der Waals surface area contributed by atoms with Gasteiger partial charge in [-0.25, -0.2) is 0 Å². The number of nitrogens with one attached hydrogen (secondary N) is 2. The molecule has 0 bridgehead atoms. The van der Waals surface area contributed by atoms with Crippen LogP contribution in [0.3, 0.4) is 0 Å². The van der Waals surface area contributed by atoms with Crippen LogP contribution in [0.25, 0.3) is 0 Å². The van der Waals surface area contributed by atoms with E-state index >= 15 is 0 Å². The van der Waals surface area contributed by atoms with E-state index in [0.717, 1.165) is 12.8 Å². The van der Waals surface area contributed by atoms with Crippen molar-refractivity contribution in [3.8, 4) is 0 Å². The van der Waals surface area contributed by atoms with Gasteiger partial charge in [-0.2, -0.15) is 10.2 Å². The molecule has 10 rings (SSSR count). The Balaban J connectivity index is 1.19. The molecule has 242 valence electrons. The van der Waals surface area contributed by atoms with Crippen LogP contribution >= 0.6 is 0 Å². The fraction of sp³-hybridized carbons (Fsp3) is 0.350. The number of hydrazone groups is 2. The van der Waals surface area contributed by atoms with Gasteiger partial charge in [-0.1, -0.05) is 100 Å². The molecule has 6 atom stereocenters. The van der Waals surface area contributed by atoms with Crippen molar-refractivity contribution in [1.29, 1.82) is 0 Å². The average molecular weight is 635 g/mol. The zero-order valence-electron chi connectivity index (χ0n) is 28.0. The lowest BCUT2D eigenvalue weighted by Gasteiger charge is -2.60.